The first-order chi connectivity index (χ1) is 7.77. The van der Waals surface area contributed by atoms with Crippen LogP contribution in [0.3, 0.4) is 0 Å². The van der Waals surface area contributed by atoms with Crippen LogP contribution >= 0.6 is 11.6 Å². The molecule has 0 bridgehead atoms. The van der Waals surface area contributed by atoms with E-state index in [1.165, 1.54) is 0 Å². The van der Waals surface area contributed by atoms with E-state index in [2.05, 4.69) is 5.32 Å². The smallest absolute Gasteiger partial charge is 0.251 e. The molecule has 0 atom stereocenters. The van der Waals surface area contributed by atoms with E-state index >= 15 is 0 Å². The molecule has 0 saturated carbocycles. The molecule has 0 aromatic heterocycles. The van der Waals surface area contributed by atoms with E-state index in [4.69, 9.17) is 16.3 Å². The molecule has 0 saturated heterocycles. The highest BCUT2D eigenvalue weighted by Crippen LogP contribution is 2.07. The Hall–Kier alpha value is -1.06. The lowest BCUT2D eigenvalue weighted by Crippen LogP contribution is -2.27. The van der Waals surface area contributed by atoms with Crippen LogP contribution in [0.5, 0.6) is 0 Å². The Bertz CT molecular complexity index is 342. The van der Waals surface area contributed by atoms with E-state index in [0.29, 0.717) is 31.2 Å². The number of amides is 1. The van der Waals surface area contributed by atoms with Gasteiger partial charge in [-0.1, -0.05) is 12.1 Å². The number of carbonyl (C=O) groups excluding carboxylic acids is 1. The summed E-state index contributed by atoms with van der Waals surface area (Å²) in [7, 11) is 0. The quantitative estimate of drug-likeness (QED) is 0.613. The molecular weight excluding hydrogens is 226 g/mol. The minimum atomic E-state index is -0.0910. The summed E-state index contributed by atoms with van der Waals surface area (Å²) in [5.41, 5.74) is 1.58. The summed E-state index contributed by atoms with van der Waals surface area (Å²) in [4.78, 5) is 11.7. The molecule has 0 aliphatic rings. The Labute approximate surface area is 101 Å². The van der Waals surface area contributed by atoms with Gasteiger partial charge in [-0.2, -0.15) is 0 Å². The minimum Gasteiger partial charge on any atom is -0.380 e. The fourth-order valence-corrected chi connectivity index (χ4v) is 1.45. The van der Waals surface area contributed by atoms with Gasteiger partial charge < -0.3 is 10.1 Å². The maximum absolute atomic E-state index is 11.7. The summed E-state index contributed by atoms with van der Waals surface area (Å²) < 4.78 is 5.13. The van der Waals surface area contributed by atoms with Gasteiger partial charge in [-0.3, -0.25) is 4.79 Å². The second-order valence-corrected chi connectivity index (χ2v) is 3.55. The van der Waals surface area contributed by atoms with Crippen molar-refractivity contribution in [1.82, 2.24) is 5.32 Å². The Balaban J connectivity index is 2.46. The molecule has 0 spiro atoms. The topological polar surface area (TPSA) is 38.3 Å². The van der Waals surface area contributed by atoms with Crippen LogP contribution in [0.2, 0.25) is 0 Å². The van der Waals surface area contributed by atoms with E-state index in [1.54, 1.807) is 12.1 Å². The third-order valence-electron chi connectivity index (χ3n) is 2.08. The number of alkyl halides is 1. The predicted octanol–water partition coefficient (Wildman–Crippen LogP) is 2.19. The summed E-state index contributed by atoms with van der Waals surface area (Å²) in [6, 6.07) is 7.29. The zero-order valence-corrected chi connectivity index (χ0v) is 10.1. The summed E-state index contributed by atoms with van der Waals surface area (Å²) in [5.74, 6) is 0.326. The molecule has 0 unspecified atom stereocenters. The SMILES string of the molecule is CCOCCNC(=O)c1cccc(CCl)c1. The largest absolute Gasteiger partial charge is 0.380 e. The van der Waals surface area contributed by atoms with Crippen molar-refractivity contribution in [1.29, 1.82) is 0 Å². The van der Waals surface area contributed by atoms with Crippen molar-refractivity contribution >= 4 is 17.5 Å². The Kier molecular flexibility index (Phi) is 5.90. The van der Waals surface area contributed by atoms with Crippen molar-refractivity contribution in [3.63, 3.8) is 0 Å². The summed E-state index contributed by atoms with van der Waals surface area (Å²) in [5, 5.41) is 2.78. The molecular formula is C12H16ClNO2. The van der Waals surface area contributed by atoms with Crippen LogP contribution in [-0.4, -0.2) is 25.7 Å². The van der Waals surface area contributed by atoms with E-state index in [-0.39, 0.29) is 5.91 Å². The third kappa shape index (κ3) is 4.21. The van der Waals surface area contributed by atoms with Gasteiger partial charge in [0, 0.05) is 24.6 Å². The second kappa shape index (κ2) is 7.25. The Morgan fingerprint density at radius 3 is 3.00 bits per heavy atom. The van der Waals surface area contributed by atoms with Crippen LogP contribution in [0.1, 0.15) is 22.8 Å². The Morgan fingerprint density at radius 1 is 1.50 bits per heavy atom. The van der Waals surface area contributed by atoms with Crippen LogP contribution in [0.25, 0.3) is 0 Å². The van der Waals surface area contributed by atoms with Crippen molar-refractivity contribution in [2.75, 3.05) is 19.8 Å². The maximum Gasteiger partial charge on any atom is 0.251 e. The van der Waals surface area contributed by atoms with Gasteiger partial charge in [-0.05, 0) is 24.6 Å². The molecule has 1 aromatic carbocycles. The molecule has 0 radical (unpaired) electrons. The van der Waals surface area contributed by atoms with Gasteiger partial charge in [0.1, 0.15) is 0 Å². The number of hydrogen-bond donors (Lipinski definition) is 1. The maximum atomic E-state index is 11.7. The zero-order valence-electron chi connectivity index (χ0n) is 9.33. The zero-order chi connectivity index (χ0) is 11.8. The van der Waals surface area contributed by atoms with Crippen molar-refractivity contribution in [2.45, 2.75) is 12.8 Å². The summed E-state index contributed by atoms with van der Waals surface area (Å²) in [6.45, 7) is 3.65. The average molecular weight is 242 g/mol. The number of carbonyl (C=O) groups is 1. The van der Waals surface area contributed by atoms with Gasteiger partial charge >= 0.3 is 0 Å². The molecule has 0 heterocycles. The summed E-state index contributed by atoms with van der Waals surface area (Å²) >= 11 is 5.70. The van der Waals surface area contributed by atoms with Gasteiger partial charge in [-0.15, -0.1) is 11.6 Å². The van der Waals surface area contributed by atoms with Crippen molar-refractivity contribution in [3.8, 4) is 0 Å². The van der Waals surface area contributed by atoms with Gasteiger partial charge in [0.05, 0.1) is 6.61 Å². The molecule has 1 rings (SSSR count). The van der Waals surface area contributed by atoms with Gasteiger partial charge in [0.15, 0.2) is 0 Å². The highest BCUT2D eigenvalue weighted by molar-refractivity contribution is 6.17. The highest BCUT2D eigenvalue weighted by atomic mass is 35.5. The number of halogens is 1. The van der Waals surface area contributed by atoms with E-state index in [1.807, 2.05) is 19.1 Å². The normalized spacial score (nSPS) is 10.1. The van der Waals surface area contributed by atoms with Gasteiger partial charge in [-0.25, -0.2) is 0 Å². The first-order valence-electron chi connectivity index (χ1n) is 5.28. The fraction of sp³-hybridized carbons (Fsp3) is 0.417. The number of rotatable bonds is 6. The molecule has 0 fully saturated rings. The number of hydrogen-bond acceptors (Lipinski definition) is 2. The number of benzene rings is 1. The van der Waals surface area contributed by atoms with Crippen LogP contribution in [0.15, 0.2) is 24.3 Å². The van der Waals surface area contributed by atoms with E-state index in [0.717, 1.165) is 5.56 Å². The molecule has 0 aliphatic heterocycles. The lowest BCUT2D eigenvalue weighted by atomic mass is 10.1. The molecule has 3 nitrogen and oxygen atoms in total. The second-order valence-electron chi connectivity index (χ2n) is 3.29. The standard InChI is InChI=1S/C12H16ClNO2/c1-2-16-7-6-14-12(15)11-5-3-4-10(8-11)9-13/h3-5,8H,2,6-7,9H2,1H3,(H,14,15). The fourth-order valence-electron chi connectivity index (χ4n) is 1.28. The average Bonchev–Trinajstić information content (AvgIpc) is 2.34. The first kappa shape index (κ1) is 13.0. The van der Waals surface area contributed by atoms with Gasteiger partial charge in [0.2, 0.25) is 0 Å². The van der Waals surface area contributed by atoms with Crippen molar-refractivity contribution < 1.29 is 9.53 Å². The molecule has 1 N–H and O–H groups in total. The van der Waals surface area contributed by atoms with Crippen molar-refractivity contribution in [3.05, 3.63) is 35.4 Å². The predicted molar refractivity (Wildman–Crippen MR) is 64.8 cm³/mol. The monoisotopic (exact) mass is 241 g/mol. The minimum absolute atomic E-state index is 0.0910. The molecule has 4 heteroatoms. The molecule has 88 valence electrons. The van der Waals surface area contributed by atoms with Gasteiger partial charge in [0.25, 0.3) is 5.91 Å². The highest BCUT2D eigenvalue weighted by Gasteiger charge is 2.04. The summed E-state index contributed by atoms with van der Waals surface area (Å²) in [6.07, 6.45) is 0. The lowest BCUT2D eigenvalue weighted by Gasteiger charge is -2.06. The van der Waals surface area contributed by atoms with Crippen LogP contribution < -0.4 is 5.32 Å². The molecule has 0 aliphatic carbocycles. The van der Waals surface area contributed by atoms with E-state index in [9.17, 15) is 4.79 Å². The van der Waals surface area contributed by atoms with Crippen LogP contribution in [0, 0.1) is 0 Å². The van der Waals surface area contributed by atoms with Crippen LogP contribution in [0.4, 0.5) is 0 Å². The van der Waals surface area contributed by atoms with Crippen LogP contribution in [-0.2, 0) is 10.6 Å². The number of ether oxygens (including phenoxy) is 1. The first-order valence-corrected chi connectivity index (χ1v) is 5.82. The van der Waals surface area contributed by atoms with E-state index < -0.39 is 0 Å². The lowest BCUT2D eigenvalue weighted by molar-refractivity contribution is 0.0922. The molecule has 1 aromatic rings. The van der Waals surface area contributed by atoms with Crippen molar-refractivity contribution in [2.24, 2.45) is 0 Å². The third-order valence-corrected chi connectivity index (χ3v) is 2.39. The number of nitrogens with one attached hydrogen (secondary N) is 1. The Morgan fingerprint density at radius 2 is 2.31 bits per heavy atom. The molecule has 16 heavy (non-hydrogen) atoms. The molecule has 1 amide bonds.